The van der Waals surface area contributed by atoms with E-state index < -0.39 is 0 Å². The van der Waals surface area contributed by atoms with Crippen LogP contribution >= 0.6 is 0 Å². The highest BCUT2D eigenvalue weighted by Crippen LogP contribution is 2.25. The zero-order valence-electron chi connectivity index (χ0n) is 15.3. The first-order valence-electron chi connectivity index (χ1n) is 8.54. The largest absolute Gasteiger partial charge is 0.353 e. The minimum atomic E-state index is 0.0179. The number of carbonyl (C=O) groups is 1. The van der Waals surface area contributed by atoms with E-state index in [2.05, 4.69) is 32.0 Å². The fraction of sp³-hybridized carbons (Fsp3) is 0.421. The van der Waals surface area contributed by atoms with Gasteiger partial charge in [0.15, 0.2) is 0 Å². The summed E-state index contributed by atoms with van der Waals surface area (Å²) in [7, 11) is 2.00. The number of benzene rings is 1. The Labute approximate surface area is 148 Å². The molecule has 1 aromatic heterocycles. The molecule has 3 rings (SSSR count). The maximum Gasteiger partial charge on any atom is 0.238 e. The number of aromatic nitrogens is 2. The Bertz CT molecular complexity index is 770. The lowest BCUT2D eigenvalue weighted by Gasteiger charge is -2.45. The Morgan fingerprint density at radius 1 is 1.24 bits per heavy atom. The quantitative estimate of drug-likeness (QED) is 0.904. The minimum Gasteiger partial charge on any atom is -0.353 e. The van der Waals surface area contributed by atoms with Gasteiger partial charge in [0.05, 0.1) is 6.54 Å². The molecule has 6 nitrogen and oxygen atoms in total. The number of hydrogen-bond acceptors (Lipinski definition) is 5. The molecule has 1 N–H and O–H groups in total. The smallest absolute Gasteiger partial charge is 0.238 e. The van der Waals surface area contributed by atoms with Crippen molar-refractivity contribution in [2.24, 2.45) is 0 Å². The van der Waals surface area contributed by atoms with Gasteiger partial charge in [-0.15, -0.1) is 0 Å². The maximum absolute atomic E-state index is 12.3. The van der Waals surface area contributed by atoms with Crippen LogP contribution in [0.2, 0.25) is 0 Å². The van der Waals surface area contributed by atoms with Gasteiger partial charge in [0.2, 0.25) is 5.91 Å². The number of carbonyl (C=O) groups excluding carboxylic acids is 1. The third-order valence-corrected chi connectivity index (χ3v) is 4.91. The normalized spacial score (nSPS) is 14.5. The SMILES string of the molecule is Cc1ccccc1NC(=O)CN(C)C1CN(c2ncnc(C)c2C)C1. The Morgan fingerprint density at radius 3 is 2.68 bits per heavy atom. The molecule has 132 valence electrons. The lowest BCUT2D eigenvalue weighted by atomic mass is 10.1. The van der Waals surface area contributed by atoms with E-state index >= 15 is 0 Å². The van der Waals surface area contributed by atoms with Gasteiger partial charge in [-0.25, -0.2) is 9.97 Å². The van der Waals surface area contributed by atoms with Crippen LogP contribution in [0.15, 0.2) is 30.6 Å². The van der Waals surface area contributed by atoms with Gasteiger partial charge in [-0.1, -0.05) is 18.2 Å². The van der Waals surface area contributed by atoms with Gasteiger partial charge in [-0.05, 0) is 39.4 Å². The summed E-state index contributed by atoms with van der Waals surface area (Å²) in [5, 5.41) is 2.99. The number of amides is 1. The van der Waals surface area contributed by atoms with Crippen molar-refractivity contribution in [1.82, 2.24) is 14.9 Å². The van der Waals surface area contributed by atoms with Gasteiger partial charge in [-0.2, -0.15) is 0 Å². The predicted octanol–water partition coefficient (Wildman–Crippen LogP) is 2.16. The second-order valence-electron chi connectivity index (χ2n) is 6.74. The van der Waals surface area contributed by atoms with E-state index in [0.717, 1.165) is 41.4 Å². The standard InChI is InChI=1S/C19H25N5O/c1-13-7-5-6-8-17(13)22-18(25)11-23(4)16-9-24(10-16)19-14(2)15(3)20-12-21-19/h5-8,12,16H,9-11H2,1-4H3,(H,22,25). The molecule has 1 saturated heterocycles. The molecule has 2 aromatic rings. The second kappa shape index (κ2) is 7.19. The first-order chi connectivity index (χ1) is 12.0. The number of rotatable bonds is 5. The molecule has 1 aliphatic heterocycles. The molecular weight excluding hydrogens is 314 g/mol. The molecule has 0 spiro atoms. The molecule has 1 fully saturated rings. The number of hydrogen-bond donors (Lipinski definition) is 1. The van der Waals surface area contributed by atoms with E-state index in [4.69, 9.17) is 0 Å². The topological polar surface area (TPSA) is 61.4 Å². The summed E-state index contributed by atoms with van der Waals surface area (Å²) < 4.78 is 0. The third-order valence-electron chi connectivity index (χ3n) is 4.91. The summed E-state index contributed by atoms with van der Waals surface area (Å²) in [4.78, 5) is 25.2. The molecule has 1 aromatic carbocycles. The Kier molecular flexibility index (Phi) is 4.99. The van der Waals surface area contributed by atoms with Crippen molar-refractivity contribution in [3.05, 3.63) is 47.4 Å². The van der Waals surface area contributed by atoms with E-state index in [1.54, 1.807) is 6.33 Å². The summed E-state index contributed by atoms with van der Waals surface area (Å²) in [6.45, 7) is 8.19. The first kappa shape index (κ1) is 17.4. The molecule has 0 bridgehead atoms. The van der Waals surface area contributed by atoms with Crippen LogP contribution in [0, 0.1) is 20.8 Å². The third kappa shape index (κ3) is 3.79. The van der Waals surface area contributed by atoms with Crippen molar-refractivity contribution in [2.45, 2.75) is 26.8 Å². The summed E-state index contributed by atoms with van der Waals surface area (Å²) in [5.74, 6) is 1.02. The van der Waals surface area contributed by atoms with Crippen molar-refractivity contribution in [3.8, 4) is 0 Å². The Hall–Kier alpha value is -2.47. The molecular formula is C19H25N5O. The lowest BCUT2D eigenvalue weighted by Crippen LogP contribution is -2.60. The van der Waals surface area contributed by atoms with Gasteiger partial charge in [-0.3, -0.25) is 9.69 Å². The highest BCUT2D eigenvalue weighted by molar-refractivity contribution is 5.92. The van der Waals surface area contributed by atoms with Crippen LogP contribution in [0.5, 0.6) is 0 Å². The molecule has 0 aliphatic carbocycles. The monoisotopic (exact) mass is 339 g/mol. The van der Waals surface area contributed by atoms with Crippen LogP contribution in [0.25, 0.3) is 0 Å². The van der Waals surface area contributed by atoms with Crippen molar-refractivity contribution >= 4 is 17.4 Å². The molecule has 6 heteroatoms. The number of aryl methyl sites for hydroxylation is 2. The molecule has 0 radical (unpaired) electrons. The van der Waals surface area contributed by atoms with E-state index in [1.165, 1.54) is 0 Å². The van der Waals surface area contributed by atoms with E-state index in [1.807, 2.05) is 45.2 Å². The van der Waals surface area contributed by atoms with Gasteiger partial charge >= 0.3 is 0 Å². The zero-order valence-corrected chi connectivity index (χ0v) is 15.3. The first-order valence-corrected chi connectivity index (χ1v) is 8.54. The van der Waals surface area contributed by atoms with Crippen molar-refractivity contribution in [3.63, 3.8) is 0 Å². The molecule has 1 aliphatic rings. The van der Waals surface area contributed by atoms with Gasteiger partial charge in [0.25, 0.3) is 0 Å². The van der Waals surface area contributed by atoms with Crippen LogP contribution in [0.3, 0.4) is 0 Å². The van der Waals surface area contributed by atoms with Crippen molar-refractivity contribution in [2.75, 3.05) is 36.9 Å². The number of nitrogens with one attached hydrogen (secondary N) is 1. The number of nitrogens with zero attached hydrogens (tertiary/aromatic N) is 4. The molecule has 0 unspecified atom stereocenters. The Morgan fingerprint density at radius 2 is 1.96 bits per heavy atom. The summed E-state index contributed by atoms with van der Waals surface area (Å²) in [5.41, 5.74) is 4.09. The summed E-state index contributed by atoms with van der Waals surface area (Å²) in [6.07, 6.45) is 1.62. The second-order valence-corrected chi connectivity index (χ2v) is 6.74. The maximum atomic E-state index is 12.3. The van der Waals surface area contributed by atoms with Gasteiger partial charge in [0, 0.05) is 36.1 Å². The highest BCUT2D eigenvalue weighted by atomic mass is 16.2. The molecule has 25 heavy (non-hydrogen) atoms. The Balaban J connectivity index is 1.52. The zero-order chi connectivity index (χ0) is 18.0. The van der Waals surface area contributed by atoms with E-state index in [-0.39, 0.29) is 5.91 Å². The number of para-hydroxylation sites is 1. The molecule has 0 saturated carbocycles. The molecule has 1 amide bonds. The van der Waals surface area contributed by atoms with Crippen LogP contribution in [-0.2, 0) is 4.79 Å². The number of anilines is 2. The highest BCUT2D eigenvalue weighted by Gasteiger charge is 2.32. The van der Waals surface area contributed by atoms with E-state index in [9.17, 15) is 4.79 Å². The van der Waals surface area contributed by atoms with Crippen LogP contribution in [0.1, 0.15) is 16.8 Å². The van der Waals surface area contributed by atoms with Gasteiger partial charge in [0.1, 0.15) is 12.1 Å². The minimum absolute atomic E-state index is 0.0179. The van der Waals surface area contributed by atoms with Crippen molar-refractivity contribution in [1.29, 1.82) is 0 Å². The number of likely N-dealkylation sites (N-methyl/N-ethyl adjacent to an activating group) is 1. The fourth-order valence-electron chi connectivity index (χ4n) is 3.01. The molecule has 2 heterocycles. The average molecular weight is 339 g/mol. The average Bonchev–Trinajstić information content (AvgIpc) is 2.52. The lowest BCUT2D eigenvalue weighted by molar-refractivity contribution is -0.117. The summed E-state index contributed by atoms with van der Waals surface area (Å²) in [6, 6.07) is 8.18. The van der Waals surface area contributed by atoms with Crippen LogP contribution in [0.4, 0.5) is 11.5 Å². The molecule has 0 atom stereocenters. The van der Waals surface area contributed by atoms with Crippen LogP contribution in [-0.4, -0.2) is 53.5 Å². The summed E-state index contributed by atoms with van der Waals surface area (Å²) >= 11 is 0. The van der Waals surface area contributed by atoms with Crippen molar-refractivity contribution < 1.29 is 4.79 Å². The fourth-order valence-corrected chi connectivity index (χ4v) is 3.01. The van der Waals surface area contributed by atoms with Crippen LogP contribution < -0.4 is 10.2 Å². The predicted molar refractivity (Wildman–Crippen MR) is 99.9 cm³/mol. The van der Waals surface area contributed by atoms with Gasteiger partial charge < -0.3 is 10.2 Å². The van der Waals surface area contributed by atoms with E-state index in [0.29, 0.717) is 12.6 Å².